The second kappa shape index (κ2) is 4.53. The first-order valence-electron chi connectivity index (χ1n) is 5.09. The number of aromatic nitrogens is 2. The number of nitrogens with zero attached hydrogens (tertiary/aromatic N) is 2. The summed E-state index contributed by atoms with van der Waals surface area (Å²) in [6.07, 6.45) is -3.09. The van der Waals surface area contributed by atoms with Gasteiger partial charge in [-0.15, -0.1) is 0 Å². The van der Waals surface area contributed by atoms with Crippen LogP contribution in [0.25, 0.3) is 11.1 Å². The summed E-state index contributed by atoms with van der Waals surface area (Å²) in [5.41, 5.74) is 0.317. The van der Waals surface area contributed by atoms with E-state index in [0.29, 0.717) is 5.56 Å². The molecule has 0 bridgehead atoms. The third kappa shape index (κ3) is 2.35. The summed E-state index contributed by atoms with van der Waals surface area (Å²) in [7, 11) is 0. The minimum atomic E-state index is -4.46. The Balaban J connectivity index is 2.38. The van der Waals surface area contributed by atoms with Crippen LogP contribution >= 0.6 is 0 Å². The summed E-state index contributed by atoms with van der Waals surface area (Å²) in [6.45, 7) is 0. The Morgan fingerprint density at radius 2 is 1.89 bits per heavy atom. The van der Waals surface area contributed by atoms with Gasteiger partial charge in [0.15, 0.2) is 0 Å². The average molecular weight is 251 g/mol. The highest BCUT2D eigenvalue weighted by atomic mass is 19.4. The van der Waals surface area contributed by atoms with E-state index in [4.69, 9.17) is 5.26 Å². The van der Waals surface area contributed by atoms with Gasteiger partial charge in [0.25, 0.3) is 0 Å². The standard InChI is InChI=1S/C12H8F3N3/c13-12(14,15)11-10(7-17-18-11)9-3-1-8(2-4-9)5-6-16/h1-4,7H,5H2,(H,17,18). The van der Waals surface area contributed by atoms with E-state index in [1.807, 2.05) is 11.2 Å². The second-order valence-electron chi connectivity index (χ2n) is 3.69. The van der Waals surface area contributed by atoms with Crippen molar-refractivity contribution in [3.05, 3.63) is 41.7 Å². The number of rotatable bonds is 2. The highest BCUT2D eigenvalue weighted by Gasteiger charge is 2.35. The summed E-state index contributed by atoms with van der Waals surface area (Å²) in [6, 6.07) is 8.33. The Hall–Kier alpha value is -2.29. The van der Waals surface area contributed by atoms with Gasteiger partial charge in [0.05, 0.1) is 18.7 Å². The Morgan fingerprint density at radius 1 is 1.22 bits per heavy atom. The summed E-state index contributed by atoms with van der Waals surface area (Å²) in [5, 5.41) is 13.9. The summed E-state index contributed by atoms with van der Waals surface area (Å²) < 4.78 is 38.0. The molecule has 18 heavy (non-hydrogen) atoms. The fourth-order valence-electron chi connectivity index (χ4n) is 1.61. The van der Waals surface area contributed by atoms with Gasteiger partial charge in [-0.25, -0.2) is 0 Å². The Kier molecular flexibility index (Phi) is 3.06. The van der Waals surface area contributed by atoms with Crippen molar-refractivity contribution in [3.8, 4) is 17.2 Å². The van der Waals surface area contributed by atoms with E-state index in [1.165, 1.54) is 0 Å². The van der Waals surface area contributed by atoms with Crippen molar-refractivity contribution < 1.29 is 13.2 Å². The van der Waals surface area contributed by atoms with Crippen LogP contribution in [0.1, 0.15) is 11.3 Å². The van der Waals surface area contributed by atoms with Crippen LogP contribution in [0, 0.1) is 11.3 Å². The molecule has 92 valence electrons. The molecule has 3 nitrogen and oxygen atoms in total. The predicted molar refractivity (Wildman–Crippen MR) is 58.3 cm³/mol. The second-order valence-corrected chi connectivity index (χ2v) is 3.69. The monoisotopic (exact) mass is 251 g/mol. The number of alkyl halides is 3. The van der Waals surface area contributed by atoms with Crippen molar-refractivity contribution in [1.82, 2.24) is 10.2 Å². The third-order valence-electron chi connectivity index (χ3n) is 2.47. The third-order valence-corrected chi connectivity index (χ3v) is 2.47. The number of hydrogen-bond donors (Lipinski definition) is 1. The quantitative estimate of drug-likeness (QED) is 0.891. The molecule has 1 N–H and O–H groups in total. The first-order valence-corrected chi connectivity index (χ1v) is 5.09. The number of nitrogens with one attached hydrogen (secondary N) is 1. The molecule has 0 atom stereocenters. The van der Waals surface area contributed by atoms with Crippen molar-refractivity contribution in [2.45, 2.75) is 12.6 Å². The molecule has 2 rings (SSSR count). The van der Waals surface area contributed by atoms with Crippen LogP contribution in [-0.2, 0) is 12.6 Å². The van der Waals surface area contributed by atoms with Crippen LogP contribution in [0.2, 0.25) is 0 Å². The van der Waals surface area contributed by atoms with Crippen LogP contribution < -0.4 is 0 Å². The predicted octanol–water partition coefficient (Wildman–Crippen LogP) is 3.16. The number of halogens is 3. The molecule has 0 spiro atoms. The van der Waals surface area contributed by atoms with Crippen molar-refractivity contribution in [2.24, 2.45) is 0 Å². The average Bonchev–Trinajstić information content (AvgIpc) is 2.79. The lowest BCUT2D eigenvalue weighted by molar-refractivity contribution is -0.140. The van der Waals surface area contributed by atoms with Crippen molar-refractivity contribution >= 4 is 0 Å². The maximum Gasteiger partial charge on any atom is 0.433 e. The SMILES string of the molecule is N#CCc1ccc(-c2cn[nH]c2C(F)(F)F)cc1. The molecule has 6 heteroatoms. The molecular formula is C12H8F3N3. The molecular weight excluding hydrogens is 243 g/mol. The highest BCUT2D eigenvalue weighted by molar-refractivity contribution is 5.66. The first kappa shape index (κ1) is 12.2. The van der Waals surface area contributed by atoms with Crippen LogP contribution in [0.5, 0.6) is 0 Å². The van der Waals surface area contributed by atoms with Gasteiger partial charge < -0.3 is 0 Å². The first-order chi connectivity index (χ1) is 8.52. The highest BCUT2D eigenvalue weighted by Crippen LogP contribution is 2.35. The molecule has 1 aromatic heterocycles. The largest absolute Gasteiger partial charge is 0.433 e. The molecule has 1 aromatic carbocycles. The van der Waals surface area contributed by atoms with E-state index in [1.54, 1.807) is 24.3 Å². The van der Waals surface area contributed by atoms with Gasteiger partial charge in [-0.2, -0.15) is 23.5 Å². The molecule has 0 saturated heterocycles. The lowest BCUT2D eigenvalue weighted by Crippen LogP contribution is -2.07. The number of hydrogen-bond acceptors (Lipinski definition) is 2. The summed E-state index contributed by atoms with van der Waals surface area (Å²) >= 11 is 0. The number of aromatic amines is 1. The van der Waals surface area contributed by atoms with Gasteiger partial charge in [0.1, 0.15) is 5.69 Å². The number of H-pyrrole nitrogens is 1. The zero-order valence-corrected chi connectivity index (χ0v) is 9.12. The molecule has 2 aromatic rings. The topological polar surface area (TPSA) is 52.5 Å². The van der Waals surface area contributed by atoms with E-state index >= 15 is 0 Å². The van der Waals surface area contributed by atoms with Crippen LogP contribution in [-0.4, -0.2) is 10.2 Å². The van der Waals surface area contributed by atoms with Crippen LogP contribution in [0.15, 0.2) is 30.5 Å². The van der Waals surface area contributed by atoms with E-state index in [0.717, 1.165) is 11.8 Å². The van der Waals surface area contributed by atoms with Gasteiger partial charge in [0.2, 0.25) is 0 Å². The molecule has 0 amide bonds. The van der Waals surface area contributed by atoms with Crippen LogP contribution in [0.3, 0.4) is 0 Å². The molecule has 0 radical (unpaired) electrons. The van der Waals surface area contributed by atoms with E-state index < -0.39 is 11.9 Å². The minimum absolute atomic E-state index is 0.00556. The number of nitriles is 1. The Labute approximate surface area is 101 Å². The lowest BCUT2D eigenvalue weighted by atomic mass is 10.0. The zero-order chi connectivity index (χ0) is 13.2. The lowest BCUT2D eigenvalue weighted by Gasteiger charge is -2.07. The van der Waals surface area contributed by atoms with Crippen molar-refractivity contribution in [2.75, 3.05) is 0 Å². The summed E-state index contributed by atoms with van der Waals surface area (Å²) in [4.78, 5) is 0. The molecule has 0 aliphatic rings. The molecule has 0 aliphatic heterocycles. The van der Waals surface area contributed by atoms with Gasteiger partial charge in [-0.3, -0.25) is 5.10 Å². The Bertz CT molecular complexity index is 576. The van der Waals surface area contributed by atoms with Gasteiger partial charge in [-0.05, 0) is 11.1 Å². The van der Waals surface area contributed by atoms with E-state index in [2.05, 4.69) is 5.10 Å². The molecule has 0 saturated carbocycles. The van der Waals surface area contributed by atoms with Crippen molar-refractivity contribution in [3.63, 3.8) is 0 Å². The van der Waals surface area contributed by atoms with Gasteiger partial charge in [-0.1, -0.05) is 24.3 Å². The van der Waals surface area contributed by atoms with Crippen molar-refractivity contribution in [1.29, 1.82) is 5.26 Å². The van der Waals surface area contributed by atoms with Gasteiger partial charge in [0, 0.05) is 5.56 Å². The molecule has 0 unspecified atom stereocenters. The normalized spacial score (nSPS) is 11.2. The summed E-state index contributed by atoms with van der Waals surface area (Å²) in [5.74, 6) is 0. The van der Waals surface area contributed by atoms with E-state index in [9.17, 15) is 13.2 Å². The number of benzene rings is 1. The maximum atomic E-state index is 12.7. The molecule has 0 aliphatic carbocycles. The molecule has 0 fully saturated rings. The maximum absolute atomic E-state index is 12.7. The zero-order valence-electron chi connectivity index (χ0n) is 9.12. The van der Waals surface area contributed by atoms with E-state index in [-0.39, 0.29) is 12.0 Å². The van der Waals surface area contributed by atoms with Gasteiger partial charge >= 0.3 is 6.18 Å². The Morgan fingerprint density at radius 3 is 2.44 bits per heavy atom. The van der Waals surface area contributed by atoms with Crippen LogP contribution in [0.4, 0.5) is 13.2 Å². The fourth-order valence-corrected chi connectivity index (χ4v) is 1.61. The smallest absolute Gasteiger partial charge is 0.273 e. The molecule has 1 heterocycles. The minimum Gasteiger partial charge on any atom is -0.273 e. The fraction of sp³-hybridized carbons (Fsp3) is 0.167.